The fraction of sp³-hybridized carbons (Fsp3) is 0.300. The Hall–Kier alpha value is -2.93. The molecule has 0 heterocycles. The topological polar surface area (TPSA) is 83.1 Å². The van der Waals surface area contributed by atoms with Gasteiger partial charge in [0, 0.05) is 5.69 Å². The Labute approximate surface area is 168 Å². The van der Waals surface area contributed by atoms with Gasteiger partial charge in [-0.15, -0.1) is 0 Å². The van der Waals surface area contributed by atoms with Crippen LogP contribution in [0.4, 0.5) is 5.69 Å². The number of carbonyl (C=O) groups excluding carboxylic acids is 2. The van der Waals surface area contributed by atoms with Crippen molar-refractivity contribution in [1.29, 1.82) is 0 Å². The molecule has 2 aromatic carbocycles. The maximum absolute atomic E-state index is 12.2. The molecule has 1 N–H and O–H groups in total. The third kappa shape index (κ3) is 5.79. The molecule has 0 saturated heterocycles. The molecular weight excluding hydrogens is 386 g/mol. The molecule has 0 spiro atoms. The van der Waals surface area contributed by atoms with Gasteiger partial charge >= 0.3 is 5.97 Å². The molecule has 8 heteroatoms. The van der Waals surface area contributed by atoms with Crippen molar-refractivity contribution >= 4 is 29.2 Å². The Balaban J connectivity index is 1.96. The van der Waals surface area contributed by atoms with E-state index < -0.39 is 18.5 Å². The fourth-order valence-corrected chi connectivity index (χ4v) is 2.59. The van der Waals surface area contributed by atoms with E-state index >= 15 is 0 Å². The van der Waals surface area contributed by atoms with Crippen molar-refractivity contribution < 1.29 is 28.5 Å². The first-order valence-corrected chi connectivity index (χ1v) is 9.06. The number of hydrogen-bond donors (Lipinski definition) is 1. The van der Waals surface area contributed by atoms with Gasteiger partial charge in [-0.25, -0.2) is 4.79 Å². The highest BCUT2D eigenvalue weighted by molar-refractivity contribution is 6.32. The van der Waals surface area contributed by atoms with E-state index in [9.17, 15) is 9.59 Å². The number of esters is 1. The number of amides is 1. The summed E-state index contributed by atoms with van der Waals surface area (Å²) in [6.45, 7) is 4.13. The third-order valence-corrected chi connectivity index (χ3v) is 3.84. The number of methoxy groups -OCH3 is 1. The first-order chi connectivity index (χ1) is 13.5. The van der Waals surface area contributed by atoms with Crippen LogP contribution in [0.1, 0.15) is 24.2 Å². The highest BCUT2D eigenvalue weighted by Crippen LogP contribution is 2.29. The molecule has 0 unspecified atom stereocenters. The molecule has 0 radical (unpaired) electrons. The molecule has 0 fully saturated rings. The first-order valence-electron chi connectivity index (χ1n) is 8.68. The molecule has 2 rings (SSSR count). The highest BCUT2D eigenvalue weighted by atomic mass is 35.5. The highest BCUT2D eigenvalue weighted by Gasteiger charge is 2.14. The van der Waals surface area contributed by atoms with Gasteiger partial charge in [-0.2, -0.15) is 0 Å². The van der Waals surface area contributed by atoms with Gasteiger partial charge in [0.2, 0.25) is 0 Å². The Morgan fingerprint density at radius 2 is 1.64 bits per heavy atom. The van der Waals surface area contributed by atoms with Gasteiger partial charge in [-0.1, -0.05) is 11.6 Å². The van der Waals surface area contributed by atoms with E-state index in [-0.39, 0.29) is 5.56 Å². The Bertz CT molecular complexity index is 839. The van der Waals surface area contributed by atoms with Crippen LogP contribution in [0.3, 0.4) is 0 Å². The lowest BCUT2D eigenvalue weighted by molar-refractivity contribution is -0.119. The first kappa shape index (κ1) is 21.4. The summed E-state index contributed by atoms with van der Waals surface area (Å²) in [6.07, 6.45) is 0. The number of hydrogen-bond acceptors (Lipinski definition) is 6. The second kappa shape index (κ2) is 10.4. The van der Waals surface area contributed by atoms with Gasteiger partial charge in [0.1, 0.15) is 5.75 Å². The van der Waals surface area contributed by atoms with E-state index in [2.05, 4.69) is 5.32 Å². The molecule has 0 aliphatic carbocycles. The fourth-order valence-electron chi connectivity index (χ4n) is 2.33. The molecule has 7 nitrogen and oxygen atoms in total. The lowest BCUT2D eigenvalue weighted by atomic mass is 10.2. The zero-order valence-electron chi connectivity index (χ0n) is 15.9. The molecule has 0 saturated carbocycles. The molecule has 28 heavy (non-hydrogen) atoms. The summed E-state index contributed by atoms with van der Waals surface area (Å²) >= 11 is 6.01. The minimum absolute atomic E-state index is 0.257. The van der Waals surface area contributed by atoms with Gasteiger partial charge in [0.05, 0.1) is 30.9 Å². The second-order valence-electron chi connectivity index (χ2n) is 5.50. The van der Waals surface area contributed by atoms with Crippen LogP contribution in [0.5, 0.6) is 17.2 Å². The molecular formula is C20H22ClNO6. The Kier molecular flexibility index (Phi) is 7.95. The molecule has 0 aliphatic rings. The van der Waals surface area contributed by atoms with Crippen molar-refractivity contribution in [3.05, 3.63) is 47.0 Å². The number of benzene rings is 2. The predicted octanol–water partition coefficient (Wildman–Crippen LogP) is 3.94. The Morgan fingerprint density at radius 3 is 2.29 bits per heavy atom. The van der Waals surface area contributed by atoms with Crippen LogP contribution in [0.25, 0.3) is 0 Å². The number of carbonyl (C=O) groups is 2. The van der Waals surface area contributed by atoms with E-state index in [0.717, 1.165) is 0 Å². The van der Waals surface area contributed by atoms with Crippen molar-refractivity contribution in [2.45, 2.75) is 13.8 Å². The quantitative estimate of drug-likeness (QED) is 0.634. The van der Waals surface area contributed by atoms with Gasteiger partial charge in [-0.3, -0.25) is 4.79 Å². The lowest BCUT2D eigenvalue weighted by Gasteiger charge is -2.12. The molecule has 0 bridgehead atoms. The van der Waals surface area contributed by atoms with Crippen LogP contribution in [0, 0.1) is 0 Å². The maximum Gasteiger partial charge on any atom is 0.338 e. The van der Waals surface area contributed by atoms with Crippen LogP contribution in [0.2, 0.25) is 5.02 Å². The summed E-state index contributed by atoms with van der Waals surface area (Å²) in [5, 5.41) is 2.95. The summed E-state index contributed by atoms with van der Waals surface area (Å²) in [5.41, 5.74) is 0.721. The maximum atomic E-state index is 12.2. The lowest BCUT2D eigenvalue weighted by Crippen LogP contribution is -2.21. The smallest absolute Gasteiger partial charge is 0.338 e. The molecule has 150 valence electrons. The number of anilines is 1. The molecule has 0 atom stereocenters. The van der Waals surface area contributed by atoms with Crippen molar-refractivity contribution in [2.75, 3.05) is 32.2 Å². The van der Waals surface area contributed by atoms with Crippen LogP contribution in [0.15, 0.2) is 36.4 Å². The summed E-state index contributed by atoms with van der Waals surface area (Å²) in [5.74, 6) is 0.329. The standard InChI is InChI=1S/C20H22ClNO6/c1-4-26-17-8-6-13(10-18(17)27-5-2)20(24)28-12-19(23)22-14-7-9-16(25-3)15(21)11-14/h6-11H,4-5,12H2,1-3H3,(H,22,23). The van der Waals surface area contributed by atoms with E-state index in [4.69, 9.17) is 30.5 Å². The van der Waals surface area contributed by atoms with Crippen molar-refractivity contribution in [3.63, 3.8) is 0 Å². The van der Waals surface area contributed by atoms with Gasteiger partial charge < -0.3 is 24.3 Å². The summed E-state index contributed by atoms with van der Waals surface area (Å²) in [7, 11) is 1.50. The number of rotatable bonds is 9. The number of nitrogens with one attached hydrogen (secondary N) is 1. The van der Waals surface area contributed by atoms with E-state index in [0.29, 0.717) is 41.2 Å². The van der Waals surface area contributed by atoms with Crippen molar-refractivity contribution in [3.8, 4) is 17.2 Å². The van der Waals surface area contributed by atoms with E-state index in [1.165, 1.54) is 13.2 Å². The number of halogens is 1. The summed E-state index contributed by atoms with van der Waals surface area (Å²) in [4.78, 5) is 24.2. The van der Waals surface area contributed by atoms with Gasteiger partial charge in [0.15, 0.2) is 18.1 Å². The number of ether oxygens (including phenoxy) is 4. The van der Waals surface area contributed by atoms with Gasteiger partial charge in [-0.05, 0) is 50.2 Å². The minimum Gasteiger partial charge on any atom is -0.495 e. The average Bonchev–Trinajstić information content (AvgIpc) is 2.68. The zero-order chi connectivity index (χ0) is 20.5. The zero-order valence-corrected chi connectivity index (χ0v) is 16.7. The van der Waals surface area contributed by atoms with Crippen LogP contribution >= 0.6 is 11.6 Å². The van der Waals surface area contributed by atoms with Crippen LogP contribution < -0.4 is 19.5 Å². The predicted molar refractivity (Wildman–Crippen MR) is 106 cm³/mol. The summed E-state index contributed by atoms with van der Waals surface area (Å²) in [6, 6.07) is 9.50. The van der Waals surface area contributed by atoms with Crippen LogP contribution in [-0.2, 0) is 9.53 Å². The third-order valence-electron chi connectivity index (χ3n) is 3.55. The minimum atomic E-state index is -0.646. The summed E-state index contributed by atoms with van der Waals surface area (Å²) < 4.78 is 21.0. The average molecular weight is 408 g/mol. The monoisotopic (exact) mass is 407 g/mol. The largest absolute Gasteiger partial charge is 0.495 e. The van der Waals surface area contributed by atoms with Gasteiger partial charge in [0.25, 0.3) is 5.91 Å². The second-order valence-corrected chi connectivity index (χ2v) is 5.91. The van der Waals surface area contributed by atoms with Crippen LogP contribution in [-0.4, -0.2) is 38.8 Å². The molecule has 0 aliphatic heterocycles. The van der Waals surface area contributed by atoms with Crippen molar-refractivity contribution in [1.82, 2.24) is 0 Å². The van der Waals surface area contributed by atoms with Crippen molar-refractivity contribution in [2.24, 2.45) is 0 Å². The molecule has 0 aromatic heterocycles. The Morgan fingerprint density at radius 1 is 0.964 bits per heavy atom. The molecule has 1 amide bonds. The van der Waals surface area contributed by atoms with E-state index in [1.807, 2.05) is 13.8 Å². The van der Waals surface area contributed by atoms with E-state index in [1.54, 1.807) is 30.3 Å². The molecule has 2 aromatic rings. The normalized spacial score (nSPS) is 10.1. The SMILES string of the molecule is CCOc1ccc(C(=O)OCC(=O)Nc2ccc(OC)c(Cl)c2)cc1OCC.